The molecule has 0 fully saturated rings. The van der Waals surface area contributed by atoms with Gasteiger partial charge in [-0.15, -0.1) is 0 Å². The maximum atomic E-state index is 10.7. The summed E-state index contributed by atoms with van der Waals surface area (Å²) in [4.78, 5) is 13.0. The number of carbonyl (C=O) groups is 1. The number of hydrogen-bond acceptors (Lipinski definition) is 2. The van der Waals surface area contributed by atoms with E-state index in [2.05, 4.69) is 19.1 Å². The van der Waals surface area contributed by atoms with Crippen LogP contribution in [0.25, 0.3) is 0 Å². The third-order valence-electron chi connectivity index (χ3n) is 2.42. The van der Waals surface area contributed by atoms with Gasteiger partial charge in [0.15, 0.2) is 0 Å². The predicted octanol–water partition coefficient (Wildman–Crippen LogP) is 3.84. The van der Waals surface area contributed by atoms with Crippen molar-refractivity contribution in [3.63, 3.8) is 0 Å². The summed E-state index contributed by atoms with van der Waals surface area (Å²) in [5.74, 6) is -0.891. The zero-order valence-corrected chi connectivity index (χ0v) is 10.2. The fourth-order valence-electron chi connectivity index (χ4n) is 1.46. The average molecular weight is 244 g/mol. The third kappa shape index (κ3) is 2.88. The van der Waals surface area contributed by atoms with Crippen molar-refractivity contribution in [2.45, 2.75) is 16.7 Å². The summed E-state index contributed by atoms with van der Waals surface area (Å²) >= 11 is 1.64. The maximum absolute atomic E-state index is 10.7. The van der Waals surface area contributed by atoms with Gasteiger partial charge in [-0.1, -0.05) is 30.0 Å². The molecular weight excluding hydrogens is 232 g/mol. The Bertz CT molecular complexity index is 532. The maximum Gasteiger partial charge on any atom is 0.335 e. The van der Waals surface area contributed by atoms with Gasteiger partial charge in [0.25, 0.3) is 0 Å². The first-order valence-electron chi connectivity index (χ1n) is 5.23. The second-order valence-corrected chi connectivity index (χ2v) is 4.81. The highest BCUT2D eigenvalue weighted by Crippen LogP contribution is 2.29. The van der Waals surface area contributed by atoms with Gasteiger partial charge in [-0.2, -0.15) is 0 Å². The van der Waals surface area contributed by atoms with Gasteiger partial charge < -0.3 is 5.11 Å². The Morgan fingerprint density at radius 3 is 2.29 bits per heavy atom. The van der Waals surface area contributed by atoms with Crippen LogP contribution in [0.4, 0.5) is 0 Å². The number of benzene rings is 2. The molecule has 0 aromatic heterocycles. The Labute approximate surface area is 104 Å². The standard InChI is InChI=1S/C14H12O2S/c1-10-4-2-3-5-13(10)17-12-8-6-11(7-9-12)14(15)16/h2-9H,1H3,(H,15,16). The molecule has 0 aliphatic heterocycles. The molecule has 2 aromatic carbocycles. The molecular formula is C14H12O2S. The smallest absolute Gasteiger partial charge is 0.335 e. The van der Waals surface area contributed by atoms with Gasteiger partial charge in [0.05, 0.1) is 5.56 Å². The summed E-state index contributed by atoms with van der Waals surface area (Å²) in [6.45, 7) is 2.06. The molecule has 0 bridgehead atoms. The molecule has 0 aliphatic carbocycles. The van der Waals surface area contributed by atoms with Crippen molar-refractivity contribution in [2.75, 3.05) is 0 Å². The molecule has 2 rings (SSSR count). The Kier molecular flexibility index (Phi) is 3.49. The molecule has 0 aliphatic rings. The van der Waals surface area contributed by atoms with E-state index in [-0.39, 0.29) is 0 Å². The molecule has 0 atom stereocenters. The SMILES string of the molecule is Cc1ccccc1Sc1ccc(C(=O)O)cc1. The van der Waals surface area contributed by atoms with E-state index in [0.29, 0.717) is 5.56 Å². The van der Waals surface area contributed by atoms with Crippen LogP contribution in [0.1, 0.15) is 15.9 Å². The van der Waals surface area contributed by atoms with Crippen LogP contribution in [-0.4, -0.2) is 11.1 Å². The third-order valence-corrected chi connectivity index (χ3v) is 3.61. The highest BCUT2D eigenvalue weighted by atomic mass is 32.2. The Balaban J connectivity index is 2.20. The lowest BCUT2D eigenvalue weighted by Crippen LogP contribution is -1.94. The van der Waals surface area contributed by atoms with Crippen LogP contribution in [-0.2, 0) is 0 Å². The number of aromatic carboxylic acids is 1. The molecule has 1 N–H and O–H groups in total. The lowest BCUT2D eigenvalue weighted by Gasteiger charge is -2.05. The number of carboxylic acids is 1. The lowest BCUT2D eigenvalue weighted by molar-refractivity contribution is 0.0697. The van der Waals surface area contributed by atoms with E-state index in [0.717, 1.165) is 4.90 Å². The number of rotatable bonds is 3. The zero-order chi connectivity index (χ0) is 12.3. The van der Waals surface area contributed by atoms with Crippen LogP contribution in [0, 0.1) is 6.92 Å². The van der Waals surface area contributed by atoms with Gasteiger partial charge in [0.1, 0.15) is 0 Å². The largest absolute Gasteiger partial charge is 0.478 e. The highest BCUT2D eigenvalue weighted by Gasteiger charge is 2.03. The normalized spacial score (nSPS) is 10.2. The van der Waals surface area contributed by atoms with Gasteiger partial charge in [0.2, 0.25) is 0 Å². The van der Waals surface area contributed by atoms with Crippen molar-refractivity contribution in [1.82, 2.24) is 0 Å². The zero-order valence-electron chi connectivity index (χ0n) is 9.38. The molecule has 0 amide bonds. The van der Waals surface area contributed by atoms with E-state index in [1.54, 1.807) is 23.9 Å². The number of hydrogen-bond donors (Lipinski definition) is 1. The quantitative estimate of drug-likeness (QED) is 0.891. The van der Waals surface area contributed by atoms with Crippen molar-refractivity contribution in [2.24, 2.45) is 0 Å². The van der Waals surface area contributed by atoms with E-state index in [1.165, 1.54) is 10.5 Å². The summed E-state index contributed by atoms with van der Waals surface area (Å²) < 4.78 is 0. The molecule has 17 heavy (non-hydrogen) atoms. The van der Waals surface area contributed by atoms with Crippen LogP contribution >= 0.6 is 11.8 Å². The fourth-order valence-corrected chi connectivity index (χ4v) is 2.37. The summed E-state index contributed by atoms with van der Waals surface area (Å²) in [6.07, 6.45) is 0. The lowest BCUT2D eigenvalue weighted by atomic mass is 10.2. The van der Waals surface area contributed by atoms with E-state index in [9.17, 15) is 4.79 Å². The van der Waals surface area contributed by atoms with Crippen molar-refractivity contribution in [3.8, 4) is 0 Å². The molecule has 2 nitrogen and oxygen atoms in total. The Hall–Kier alpha value is -1.74. The van der Waals surface area contributed by atoms with Gasteiger partial charge in [-0.3, -0.25) is 0 Å². The van der Waals surface area contributed by atoms with Crippen molar-refractivity contribution in [1.29, 1.82) is 0 Å². The topological polar surface area (TPSA) is 37.3 Å². The molecule has 0 radical (unpaired) electrons. The van der Waals surface area contributed by atoms with Crippen LogP contribution < -0.4 is 0 Å². The number of aryl methyl sites for hydroxylation is 1. The van der Waals surface area contributed by atoms with Gasteiger partial charge in [-0.25, -0.2) is 4.79 Å². The molecule has 0 spiro atoms. The number of carboxylic acid groups (broad SMARTS) is 1. The van der Waals surface area contributed by atoms with Crippen LogP contribution in [0.3, 0.4) is 0 Å². The second-order valence-electron chi connectivity index (χ2n) is 3.70. The van der Waals surface area contributed by atoms with E-state index >= 15 is 0 Å². The first-order valence-corrected chi connectivity index (χ1v) is 6.05. The predicted molar refractivity (Wildman–Crippen MR) is 68.7 cm³/mol. The summed E-state index contributed by atoms with van der Waals surface area (Å²) in [5, 5.41) is 8.80. The Morgan fingerprint density at radius 1 is 1.06 bits per heavy atom. The minimum atomic E-state index is -0.891. The molecule has 0 saturated heterocycles. The second kappa shape index (κ2) is 5.06. The summed E-state index contributed by atoms with van der Waals surface area (Å²) in [7, 11) is 0. The first kappa shape index (κ1) is 11.7. The average Bonchev–Trinajstić information content (AvgIpc) is 2.33. The molecule has 0 unspecified atom stereocenters. The Morgan fingerprint density at radius 2 is 1.71 bits per heavy atom. The van der Waals surface area contributed by atoms with Crippen molar-refractivity contribution in [3.05, 3.63) is 59.7 Å². The highest BCUT2D eigenvalue weighted by molar-refractivity contribution is 7.99. The molecule has 2 aromatic rings. The summed E-state index contributed by atoms with van der Waals surface area (Å²) in [5.41, 5.74) is 1.54. The van der Waals surface area contributed by atoms with Crippen LogP contribution in [0.2, 0.25) is 0 Å². The van der Waals surface area contributed by atoms with E-state index in [4.69, 9.17) is 5.11 Å². The van der Waals surface area contributed by atoms with E-state index < -0.39 is 5.97 Å². The van der Waals surface area contributed by atoms with Gasteiger partial charge in [0, 0.05) is 9.79 Å². The molecule has 0 saturated carbocycles. The molecule has 3 heteroatoms. The van der Waals surface area contributed by atoms with Gasteiger partial charge >= 0.3 is 5.97 Å². The van der Waals surface area contributed by atoms with Crippen molar-refractivity contribution >= 4 is 17.7 Å². The monoisotopic (exact) mass is 244 g/mol. The van der Waals surface area contributed by atoms with Crippen LogP contribution in [0.15, 0.2) is 58.3 Å². The van der Waals surface area contributed by atoms with Gasteiger partial charge in [-0.05, 0) is 42.8 Å². The summed E-state index contributed by atoms with van der Waals surface area (Å²) in [6, 6.07) is 15.1. The minimum absolute atomic E-state index is 0.319. The van der Waals surface area contributed by atoms with Crippen molar-refractivity contribution < 1.29 is 9.90 Å². The molecule has 86 valence electrons. The fraction of sp³-hybridized carbons (Fsp3) is 0.0714. The first-order chi connectivity index (χ1) is 8.16. The minimum Gasteiger partial charge on any atom is -0.478 e. The molecule has 0 heterocycles. The van der Waals surface area contributed by atoms with E-state index in [1.807, 2.05) is 24.3 Å². The van der Waals surface area contributed by atoms with Crippen LogP contribution in [0.5, 0.6) is 0 Å².